The van der Waals surface area contributed by atoms with Crippen molar-refractivity contribution in [3.05, 3.63) is 12.2 Å². The molecule has 11 aliphatic rings. The zero-order chi connectivity index (χ0) is 37.0. The summed E-state index contributed by atoms with van der Waals surface area (Å²) in [5.74, 6) is 12.4. The fraction of sp³-hybridized carbons (Fsp3) is 0.963. The van der Waals surface area contributed by atoms with Crippen LogP contribution in [0.4, 0.5) is 0 Å². The van der Waals surface area contributed by atoms with E-state index in [1.54, 1.807) is 148 Å². The Bertz CT molecular complexity index is 1280. The van der Waals surface area contributed by atoms with Crippen molar-refractivity contribution in [2.45, 2.75) is 255 Å². The third-order valence-electron chi connectivity index (χ3n) is 21.4. The van der Waals surface area contributed by atoms with Crippen molar-refractivity contribution in [3.8, 4) is 0 Å². The second-order valence-electron chi connectivity index (χ2n) is 23.8. The summed E-state index contributed by atoms with van der Waals surface area (Å²) in [5.41, 5.74) is 0. The van der Waals surface area contributed by atoms with Crippen LogP contribution in [0.1, 0.15) is 218 Å². The SMILES string of the molecule is C1=CC(C2CCCC(C3CCCCC3)C2)CC(N2C3CCCCC3C3C4C5CCCCC5N(C5CC(C6CCCCC6)CC(C6CCCCC6)C5)C4CCC32)C1. The lowest BCUT2D eigenvalue weighted by Crippen LogP contribution is -2.54. The molecule has 14 atom stereocenters. The van der Waals surface area contributed by atoms with Gasteiger partial charge in [-0.15, -0.1) is 0 Å². The molecule has 10 fully saturated rings. The molecule has 8 saturated carbocycles. The molecule has 0 amide bonds. The van der Waals surface area contributed by atoms with Gasteiger partial charge in [-0.25, -0.2) is 0 Å². The Balaban J connectivity index is 0.850. The summed E-state index contributed by atoms with van der Waals surface area (Å²) in [6.45, 7) is 0. The van der Waals surface area contributed by atoms with Gasteiger partial charge in [-0.05, 0) is 154 Å². The first-order chi connectivity index (χ1) is 27.8. The zero-order valence-electron chi connectivity index (χ0n) is 36.5. The molecule has 0 aromatic heterocycles. The van der Waals surface area contributed by atoms with Gasteiger partial charge in [0.25, 0.3) is 0 Å². The first kappa shape index (κ1) is 38.6. The Morgan fingerprint density at radius 2 is 0.750 bits per heavy atom. The molecule has 0 aromatic rings. The van der Waals surface area contributed by atoms with Crippen LogP contribution in [-0.2, 0) is 0 Å². The van der Waals surface area contributed by atoms with Gasteiger partial charge in [0, 0.05) is 36.3 Å². The smallest absolute Gasteiger partial charge is 0.0142 e. The molecule has 0 radical (unpaired) electrons. The van der Waals surface area contributed by atoms with Crippen molar-refractivity contribution in [3.63, 3.8) is 0 Å². The number of allylic oxidation sites excluding steroid dienone is 1. The highest BCUT2D eigenvalue weighted by Gasteiger charge is 2.64. The molecule has 314 valence electrons. The number of hydrogen-bond acceptors (Lipinski definition) is 2. The summed E-state index contributed by atoms with van der Waals surface area (Å²) in [6, 6.07) is 5.50. The van der Waals surface area contributed by atoms with Crippen LogP contribution in [0.3, 0.4) is 0 Å². The standard InChI is InChI=1S/C54H88N2/c1-4-16-37(17-5-1)40-22-14-23-41(32-40)42-24-15-25-45(34-42)55-49-28-12-10-26-47(49)53-51(55)30-31-52-54(53)48-27-11-13-29-50(48)56(52)46-35-43(38-18-6-2-7-19-38)33-44(36-46)39-20-8-3-9-21-39/h15,24,37-54H,1-14,16-23,25-36H2. The highest BCUT2D eigenvalue weighted by atomic mass is 15.3. The fourth-order valence-corrected chi connectivity index (χ4v) is 19.4. The van der Waals surface area contributed by atoms with E-state index >= 15 is 0 Å². The maximum absolute atomic E-state index is 3.49. The Hall–Kier alpha value is -0.340. The van der Waals surface area contributed by atoms with Crippen LogP contribution in [0, 0.1) is 71.0 Å². The number of rotatable bonds is 6. The van der Waals surface area contributed by atoms with E-state index in [9.17, 15) is 0 Å². The topological polar surface area (TPSA) is 6.48 Å². The predicted molar refractivity (Wildman–Crippen MR) is 234 cm³/mol. The second kappa shape index (κ2) is 17.2. The molecule has 0 bridgehead atoms. The molecular weight excluding hydrogens is 677 g/mol. The summed E-state index contributed by atoms with van der Waals surface area (Å²) < 4.78 is 0. The highest BCUT2D eigenvalue weighted by molar-refractivity contribution is 5.17. The quantitative estimate of drug-likeness (QED) is 0.249. The van der Waals surface area contributed by atoms with Gasteiger partial charge in [0.15, 0.2) is 0 Å². The van der Waals surface area contributed by atoms with Gasteiger partial charge in [0.2, 0.25) is 0 Å². The number of fused-ring (bicyclic) bond motifs is 7. The average Bonchev–Trinajstić information content (AvgIpc) is 3.80. The first-order valence-corrected chi connectivity index (χ1v) is 27.0. The number of hydrogen-bond donors (Lipinski definition) is 0. The summed E-state index contributed by atoms with van der Waals surface area (Å²) >= 11 is 0. The van der Waals surface area contributed by atoms with Gasteiger partial charge in [0.05, 0.1) is 0 Å². The van der Waals surface area contributed by atoms with Crippen molar-refractivity contribution in [1.82, 2.24) is 9.80 Å². The Morgan fingerprint density at radius 1 is 0.304 bits per heavy atom. The van der Waals surface area contributed by atoms with E-state index in [2.05, 4.69) is 22.0 Å². The zero-order valence-corrected chi connectivity index (χ0v) is 36.5. The molecule has 11 rings (SSSR count). The molecule has 2 saturated heterocycles. The third kappa shape index (κ3) is 7.31. The lowest BCUT2D eigenvalue weighted by atomic mass is 9.61. The van der Waals surface area contributed by atoms with E-state index in [1.807, 2.05) is 0 Å². The summed E-state index contributed by atoms with van der Waals surface area (Å²) in [5, 5.41) is 0. The summed E-state index contributed by atoms with van der Waals surface area (Å²) in [6.07, 6.45) is 58.2. The van der Waals surface area contributed by atoms with Crippen LogP contribution in [0.2, 0.25) is 0 Å². The Morgan fingerprint density at radius 3 is 1.32 bits per heavy atom. The van der Waals surface area contributed by atoms with Crippen LogP contribution in [0.5, 0.6) is 0 Å². The van der Waals surface area contributed by atoms with E-state index in [4.69, 9.17) is 0 Å². The highest BCUT2D eigenvalue weighted by Crippen LogP contribution is 2.62. The minimum atomic E-state index is 0.850. The molecule has 0 spiro atoms. The molecular formula is C54H88N2. The Labute approximate surface area is 346 Å². The van der Waals surface area contributed by atoms with Gasteiger partial charge in [-0.3, -0.25) is 9.80 Å². The number of nitrogens with zero attached hydrogens (tertiary/aromatic N) is 2. The van der Waals surface area contributed by atoms with Crippen molar-refractivity contribution in [1.29, 1.82) is 0 Å². The van der Waals surface area contributed by atoms with Gasteiger partial charge in [0.1, 0.15) is 0 Å². The average molecular weight is 765 g/mol. The number of likely N-dealkylation sites (tertiary alicyclic amines) is 2. The fourth-order valence-electron chi connectivity index (χ4n) is 19.4. The molecule has 2 heterocycles. The van der Waals surface area contributed by atoms with E-state index < -0.39 is 0 Å². The summed E-state index contributed by atoms with van der Waals surface area (Å²) in [7, 11) is 0. The maximum atomic E-state index is 3.49. The van der Waals surface area contributed by atoms with Crippen molar-refractivity contribution in [2.75, 3.05) is 0 Å². The second-order valence-corrected chi connectivity index (χ2v) is 23.8. The normalized spacial score (nSPS) is 48.9. The molecule has 0 N–H and O–H groups in total. The minimum absolute atomic E-state index is 0.850. The predicted octanol–water partition coefficient (Wildman–Crippen LogP) is 14.2. The van der Waals surface area contributed by atoms with Gasteiger partial charge >= 0.3 is 0 Å². The molecule has 9 aliphatic carbocycles. The molecule has 2 aliphatic heterocycles. The van der Waals surface area contributed by atoms with E-state index in [0.29, 0.717) is 0 Å². The van der Waals surface area contributed by atoms with Crippen LogP contribution >= 0.6 is 0 Å². The van der Waals surface area contributed by atoms with E-state index in [1.165, 1.54) is 70.6 Å². The lowest BCUT2D eigenvalue weighted by molar-refractivity contribution is -0.0110. The molecule has 56 heavy (non-hydrogen) atoms. The first-order valence-electron chi connectivity index (χ1n) is 27.0. The van der Waals surface area contributed by atoms with E-state index in [0.717, 1.165) is 107 Å². The largest absolute Gasteiger partial charge is 0.294 e. The van der Waals surface area contributed by atoms with Crippen molar-refractivity contribution >= 4 is 0 Å². The molecule has 2 heteroatoms. The van der Waals surface area contributed by atoms with Gasteiger partial charge in [-0.1, -0.05) is 147 Å². The molecule has 2 nitrogen and oxygen atoms in total. The van der Waals surface area contributed by atoms with Crippen LogP contribution in [-0.4, -0.2) is 46.1 Å². The maximum Gasteiger partial charge on any atom is 0.0142 e. The van der Waals surface area contributed by atoms with Crippen molar-refractivity contribution in [2.24, 2.45) is 71.0 Å². The van der Waals surface area contributed by atoms with Crippen molar-refractivity contribution < 1.29 is 0 Å². The van der Waals surface area contributed by atoms with Crippen LogP contribution in [0.15, 0.2) is 12.2 Å². The minimum Gasteiger partial charge on any atom is -0.294 e. The van der Waals surface area contributed by atoms with Crippen LogP contribution < -0.4 is 0 Å². The Kier molecular flexibility index (Phi) is 11.8. The molecule has 0 aromatic carbocycles. The lowest BCUT2D eigenvalue weighted by Gasteiger charge is -2.51. The van der Waals surface area contributed by atoms with E-state index in [-0.39, 0.29) is 0 Å². The third-order valence-corrected chi connectivity index (χ3v) is 21.4. The van der Waals surface area contributed by atoms with Gasteiger partial charge in [-0.2, -0.15) is 0 Å². The monoisotopic (exact) mass is 765 g/mol. The van der Waals surface area contributed by atoms with Crippen LogP contribution in [0.25, 0.3) is 0 Å². The summed E-state index contributed by atoms with van der Waals surface area (Å²) in [4.78, 5) is 6.89. The molecule has 14 unspecified atom stereocenters. The van der Waals surface area contributed by atoms with Gasteiger partial charge < -0.3 is 0 Å².